The van der Waals surface area contributed by atoms with Gasteiger partial charge in [0.25, 0.3) is 0 Å². The summed E-state index contributed by atoms with van der Waals surface area (Å²) in [6.45, 7) is 11.0. The molecule has 2 rings (SSSR count). The average molecular weight is 198 g/mol. The van der Waals surface area contributed by atoms with Crippen molar-refractivity contribution in [1.29, 1.82) is 0 Å². The molecule has 0 nitrogen and oxygen atoms in total. The first kappa shape index (κ1) is 10.2. The van der Waals surface area contributed by atoms with Crippen LogP contribution in [0.2, 0.25) is 0 Å². The van der Waals surface area contributed by atoms with Crippen molar-refractivity contribution in [3.05, 3.63) is 46.0 Å². The van der Waals surface area contributed by atoms with E-state index < -0.39 is 0 Å². The molecule has 0 atom stereocenters. The van der Waals surface area contributed by atoms with Crippen LogP contribution in [0.25, 0.3) is 10.8 Å². The smallest absolute Gasteiger partial charge is 0.0120 e. The first-order valence-electron chi connectivity index (χ1n) is 5.49. The highest BCUT2D eigenvalue weighted by atomic mass is 14.1. The maximum atomic E-state index is 2.32. The summed E-state index contributed by atoms with van der Waals surface area (Å²) in [6, 6.07) is 6.76. The van der Waals surface area contributed by atoms with Crippen molar-refractivity contribution in [2.75, 3.05) is 0 Å². The second kappa shape index (κ2) is 3.37. The molecule has 0 aromatic heterocycles. The van der Waals surface area contributed by atoms with Gasteiger partial charge in [0.15, 0.2) is 0 Å². The second-order valence-electron chi connectivity index (χ2n) is 4.57. The Balaban J connectivity index is 3.04. The van der Waals surface area contributed by atoms with Crippen molar-refractivity contribution in [1.82, 2.24) is 0 Å². The minimum atomic E-state index is 1.38. The van der Waals surface area contributed by atoms with E-state index in [1.165, 1.54) is 38.6 Å². The number of rotatable bonds is 0. The highest BCUT2D eigenvalue weighted by Gasteiger charge is 2.07. The molecular weight excluding hydrogens is 180 g/mol. The molecule has 0 aliphatic carbocycles. The highest BCUT2D eigenvalue weighted by Crippen LogP contribution is 2.29. The molecule has 0 aliphatic heterocycles. The molecule has 0 aliphatic rings. The minimum absolute atomic E-state index is 1.38. The number of hydrogen-bond donors (Lipinski definition) is 0. The third-order valence-electron chi connectivity index (χ3n) is 3.56. The summed E-state index contributed by atoms with van der Waals surface area (Å²) in [6.07, 6.45) is 0. The SMILES string of the molecule is Cc1cc2c(C)ccc(C)c2c(C)c1C. The number of hydrogen-bond acceptors (Lipinski definition) is 0. The van der Waals surface area contributed by atoms with Gasteiger partial charge in [-0.05, 0) is 73.2 Å². The van der Waals surface area contributed by atoms with Crippen LogP contribution in [0.15, 0.2) is 18.2 Å². The Labute approximate surface area is 91.9 Å². The summed E-state index contributed by atoms with van der Waals surface area (Å²) in [5.74, 6) is 0. The van der Waals surface area contributed by atoms with Crippen molar-refractivity contribution >= 4 is 10.8 Å². The van der Waals surface area contributed by atoms with E-state index >= 15 is 0 Å². The number of aryl methyl sites for hydroxylation is 4. The molecule has 2 aromatic rings. The van der Waals surface area contributed by atoms with Gasteiger partial charge in [-0.25, -0.2) is 0 Å². The lowest BCUT2D eigenvalue weighted by molar-refractivity contribution is 1.28. The zero-order valence-electron chi connectivity index (χ0n) is 10.2. The van der Waals surface area contributed by atoms with Crippen molar-refractivity contribution < 1.29 is 0 Å². The molecule has 2 aromatic carbocycles. The van der Waals surface area contributed by atoms with Crippen molar-refractivity contribution in [2.45, 2.75) is 34.6 Å². The Kier molecular flexibility index (Phi) is 2.30. The van der Waals surface area contributed by atoms with E-state index in [0.29, 0.717) is 0 Å². The summed E-state index contributed by atoms with van der Waals surface area (Å²) in [7, 11) is 0. The lowest BCUT2D eigenvalue weighted by Gasteiger charge is -2.13. The molecule has 0 heterocycles. The quantitative estimate of drug-likeness (QED) is 0.589. The summed E-state index contributed by atoms with van der Waals surface area (Å²) in [4.78, 5) is 0. The molecule has 0 saturated heterocycles. The van der Waals surface area contributed by atoms with Crippen molar-refractivity contribution in [3.8, 4) is 0 Å². The molecular formula is C15H18. The molecule has 0 saturated carbocycles. The molecule has 0 spiro atoms. The van der Waals surface area contributed by atoms with Crippen LogP contribution in [-0.2, 0) is 0 Å². The van der Waals surface area contributed by atoms with Crippen molar-refractivity contribution in [3.63, 3.8) is 0 Å². The summed E-state index contributed by atoms with van der Waals surface area (Å²) < 4.78 is 0. The second-order valence-corrected chi connectivity index (χ2v) is 4.57. The molecule has 0 radical (unpaired) electrons. The maximum absolute atomic E-state index is 2.32. The van der Waals surface area contributed by atoms with Gasteiger partial charge >= 0.3 is 0 Å². The van der Waals surface area contributed by atoms with Gasteiger partial charge < -0.3 is 0 Å². The number of fused-ring (bicyclic) bond motifs is 1. The fraction of sp³-hybridized carbons (Fsp3) is 0.333. The molecule has 15 heavy (non-hydrogen) atoms. The van der Waals surface area contributed by atoms with Gasteiger partial charge in [-0.15, -0.1) is 0 Å². The Hall–Kier alpha value is -1.30. The highest BCUT2D eigenvalue weighted by molar-refractivity contribution is 5.92. The summed E-state index contributed by atoms with van der Waals surface area (Å²) >= 11 is 0. The van der Waals surface area contributed by atoms with Crippen molar-refractivity contribution in [2.24, 2.45) is 0 Å². The van der Waals surface area contributed by atoms with Gasteiger partial charge in [0.1, 0.15) is 0 Å². The zero-order valence-corrected chi connectivity index (χ0v) is 10.2. The van der Waals surface area contributed by atoms with E-state index in [4.69, 9.17) is 0 Å². The largest absolute Gasteiger partial charge is 0.0584 e. The summed E-state index contributed by atoms with van der Waals surface area (Å²) in [5, 5.41) is 2.86. The molecule has 0 fully saturated rings. The van der Waals surface area contributed by atoms with E-state index in [1.54, 1.807) is 0 Å². The normalized spacial score (nSPS) is 11.0. The van der Waals surface area contributed by atoms with E-state index in [0.717, 1.165) is 0 Å². The lowest BCUT2D eigenvalue weighted by Crippen LogP contribution is -1.92. The average Bonchev–Trinajstić information content (AvgIpc) is 2.20. The van der Waals surface area contributed by atoms with Crippen LogP contribution < -0.4 is 0 Å². The molecule has 0 bridgehead atoms. The third kappa shape index (κ3) is 1.45. The molecule has 0 heteroatoms. The van der Waals surface area contributed by atoms with Gasteiger partial charge in [0.05, 0.1) is 0 Å². The predicted octanol–water partition coefficient (Wildman–Crippen LogP) is 4.38. The Morgan fingerprint density at radius 3 is 1.93 bits per heavy atom. The van der Waals surface area contributed by atoms with Crippen LogP contribution in [0, 0.1) is 34.6 Å². The van der Waals surface area contributed by atoms with E-state index in [-0.39, 0.29) is 0 Å². The van der Waals surface area contributed by atoms with E-state index in [2.05, 4.69) is 52.8 Å². The monoisotopic (exact) mass is 198 g/mol. The Morgan fingerprint density at radius 1 is 0.667 bits per heavy atom. The van der Waals surface area contributed by atoms with E-state index in [1.807, 2.05) is 0 Å². The van der Waals surface area contributed by atoms with Gasteiger partial charge in [0, 0.05) is 0 Å². The standard InChI is InChI=1S/C15H18/c1-9-6-7-10(2)15-13(5)12(4)11(3)8-14(9)15/h6-8H,1-5H3. The Bertz CT molecular complexity index is 533. The minimum Gasteiger partial charge on any atom is -0.0584 e. The topological polar surface area (TPSA) is 0 Å². The van der Waals surface area contributed by atoms with Crippen LogP contribution in [-0.4, -0.2) is 0 Å². The zero-order chi connectivity index (χ0) is 11.2. The fourth-order valence-electron chi connectivity index (χ4n) is 2.32. The van der Waals surface area contributed by atoms with Gasteiger partial charge in [-0.1, -0.05) is 18.2 Å². The van der Waals surface area contributed by atoms with Crippen LogP contribution in [0.1, 0.15) is 27.8 Å². The van der Waals surface area contributed by atoms with Crippen LogP contribution in [0.4, 0.5) is 0 Å². The van der Waals surface area contributed by atoms with E-state index in [9.17, 15) is 0 Å². The molecule has 0 unspecified atom stereocenters. The summed E-state index contributed by atoms with van der Waals surface area (Å²) in [5.41, 5.74) is 7.02. The number of benzene rings is 2. The van der Waals surface area contributed by atoms with Crippen LogP contribution in [0.3, 0.4) is 0 Å². The van der Waals surface area contributed by atoms with Gasteiger partial charge in [0.2, 0.25) is 0 Å². The first-order chi connectivity index (χ1) is 7.02. The lowest BCUT2D eigenvalue weighted by atomic mass is 9.91. The molecule has 78 valence electrons. The maximum Gasteiger partial charge on any atom is -0.0120 e. The van der Waals surface area contributed by atoms with Crippen LogP contribution in [0.5, 0.6) is 0 Å². The van der Waals surface area contributed by atoms with Crippen LogP contribution >= 0.6 is 0 Å². The predicted molar refractivity (Wildman–Crippen MR) is 67.6 cm³/mol. The Morgan fingerprint density at radius 2 is 1.27 bits per heavy atom. The molecule has 0 amide bonds. The third-order valence-corrected chi connectivity index (χ3v) is 3.56. The van der Waals surface area contributed by atoms with Gasteiger partial charge in [-0.2, -0.15) is 0 Å². The first-order valence-corrected chi connectivity index (χ1v) is 5.49. The van der Waals surface area contributed by atoms with Gasteiger partial charge in [-0.3, -0.25) is 0 Å². The molecule has 0 N–H and O–H groups in total. The fourth-order valence-corrected chi connectivity index (χ4v) is 2.32.